The van der Waals surface area contributed by atoms with Crippen LogP contribution in [-0.2, 0) is 19.6 Å². The van der Waals surface area contributed by atoms with E-state index in [4.69, 9.17) is 0 Å². The molecule has 15 heavy (non-hydrogen) atoms. The van der Waals surface area contributed by atoms with E-state index in [1.165, 1.54) is 13.2 Å². The SMILES string of the molecule is C=CCS(=O)(=O)N(CC(=O)OC)C(C)C. The first kappa shape index (κ1) is 14.1. The lowest BCUT2D eigenvalue weighted by molar-refractivity contribution is -0.141. The van der Waals surface area contributed by atoms with Gasteiger partial charge in [0.05, 0.1) is 12.9 Å². The summed E-state index contributed by atoms with van der Waals surface area (Å²) in [4.78, 5) is 11.0. The molecule has 0 amide bonds. The van der Waals surface area contributed by atoms with Crippen LogP contribution in [-0.4, -0.2) is 44.1 Å². The van der Waals surface area contributed by atoms with Gasteiger partial charge in [-0.2, -0.15) is 4.31 Å². The fourth-order valence-corrected chi connectivity index (χ4v) is 2.47. The number of carbonyl (C=O) groups excluding carboxylic acids is 1. The third-order valence-corrected chi connectivity index (χ3v) is 3.70. The van der Waals surface area contributed by atoms with Gasteiger partial charge in [-0.25, -0.2) is 8.42 Å². The fourth-order valence-electron chi connectivity index (χ4n) is 1.04. The zero-order valence-electron chi connectivity index (χ0n) is 9.26. The maximum absolute atomic E-state index is 11.7. The van der Waals surface area contributed by atoms with Crippen LogP contribution in [0.3, 0.4) is 0 Å². The van der Waals surface area contributed by atoms with Crippen molar-refractivity contribution in [2.24, 2.45) is 0 Å². The van der Waals surface area contributed by atoms with Crippen LogP contribution in [0.2, 0.25) is 0 Å². The molecule has 0 saturated carbocycles. The molecule has 88 valence electrons. The molecule has 0 aliphatic heterocycles. The second-order valence-corrected chi connectivity index (χ2v) is 5.25. The molecular formula is C9H17NO4S. The summed E-state index contributed by atoms with van der Waals surface area (Å²) in [6, 6.07) is -0.283. The summed E-state index contributed by atoms with van der Waals surface area (Å²) in [5.41, 5.74) is 0. The van der Waals surface area contributed by atoms with Gasteiger partial charge in [-0.05, 0) is 13.8 Å². The summed E-state index contributed by atoms with van der Waals surface area (Å²) in [7, 11) is -2.24. The largest absolute Gasteiger partial charge is 0.468 e. The number of rotatable bonds is 6. The van der Waals surface area contributed by atoms with Gasteiger partial charge in [0, 0.05) is 6.04 Å². The van der Waals surface area contributed by atoms with E-state index in [9.17, 15) is 13.2 Å². The van der Waals surface area contributed by atoms with Crippen molar-refractivity contribution in [2.75, 3.05) is 19.4 Å². The van der Waals surface area contributed by atoms with E-state index in [0.29, 0.717) is 0 Å². The minimum absolute atomic E-state index is 0.178. The van der Waals surface area contributed by atoms with Gasteiger partial charge in [-0.1, -0.05) is 6.08 Å². The molecule has 0 N–H and O–H groups in total. The number of sulfonamides is 1. The van der Waals surface area contributed by atoms with Gasteiger partial charge in [0.15, 0.2) is 0 Å². The lowest BCUT2D eigenvalue weighted by Crippen LogP contribution is -2.41. The highest BCUT2D eigenvalue weighted by atomic mass is 32.2. The molecule has 0 atom stereocenters. The minimum Gasteiger partial charge on any atom is -0.468 e. The number of hydrogen-bond donors (Lipinski definition) is 0. The van der Waals surface area contributed by atoms with Crippen molar-refractivity contribution in [1.82, 2.24) is 4.31 Å². The first-order valence-corrected chi connectivity index (χ1v) is 6.13. The summed E-state index contributed by atoms with van der Waals surface area (Å²) in [5.74, 6) is -0.751. The monoisotopic (exact) mass is 235 g/mol. The van der Waals surface area contributed by atoms with Crippen LogP contribution < -0.4 is 0 Å². The Hall–Kier alpha value is -0.880. The molecular weight excluding hydrogens is 218 g/mol. The van der Waals surface area contributed by atoms with Gasteiger partial charge in [-0.3, -0.25) is 4.79 Å². The molecule has 0 aromatic rings. The first-order valence-electron chi connectivity index (χ1n) is 4.52. The highest BCUT2D eigenvalue weighted by molar-refractivity contribution is 7.89. The van der Waals surface area contributed by atoms with Crippen molar-refractivity contribution in [3.05, 3.63) is 12.7 Å². The van der Waals surface area contributed by atoms with E-state index in [1.807, 2.05) is 0 Å². The molecule has 0 aliphatic rings. The van der Waals surface area contributed by atoms with Crippen LogP contribution in [0.15, 0.2) is 12.7 Å². The quantitative estimate of drug-likeness (QED) is 0.493. The van der Waals surface area contributed by atoms with Crippen LogP contribution >= 0.6 is 0 Å². The normalized spacial score (nSPS) is 11.8. The number of carbonyl (C=O) groups is 1. The summed E-state index contributed by atoms with van der Waals surface area (Å²) < 4.78 is 28.9. The van der Waals surface area contributed by atoms with Gasteiger partial charge in [0.25, 0.3) is 0 Å². The fraction of sp³-hybridized carbons (Fsp3) is 0.667. The second-order valence-electron chi connectivity index (χ2n) is 3.28. The predicted octanol–water partition coefficient (Wildman–Crippen LogP) is 0.386. The van der Waals surface area contributed by atoms with Crippen molar-refractivity contribution in [3.8, 4) is 0 Å². The summed E-state index contributed by atoms with van der Waals surface area (Å²) in [6.45, 7) is 6.50. The smallest absolute Gasteiger partial charge is 0.321 e. The number of hydrogen-bond acceptors (Lipinski definition) is 4. The summed E-state index contributed by atoms with van der Waals surface area (Å²) in [6.07, 6.45) is 1.29. The average Bonchev–Trinajstić information content (AvgIpc) is 2.12. The average molecular weight is 235 g/mol. The van der Waals surface area contributed by atoms with E-state index in [2.05, 4.69) is 11.3 Å². The number of ether oxygens (including phenoxy) is 1. The molecule has 0 spiro atoms. The van der Waals surface area contributed by atoms with Gasteiger partial charge in [0.2, 0.25) is 10.0 Å². The Morgan fingerprint density at radius 3 is 2.40 bits per heavy atom. The van der Waals surface area contributed by atoms with E-state index >= 15 is 0 Å². The van der Waals surface area contributed by atoms with Crippen LogP contribution in [0.25, 0.3) is 0 Å². The van der Waals surface area contributed by atoms with Crippen LogP contribution in [0.4, 0.5) is 0 Å². The van der Waals surface area contributed by atoms with E-state index in [-0.39, 0.29) is 18.3 Å². The van der Waals surface area contributed by atoms with Crippen LogP contribution in [0.1, 0.15) is 13.8 Å². The van der Waals surface area contributed by atoms with Gasteiger partial charge >= 0.3 is 5.97 Å². The van der Waals surface area contributed by atoms with Crippen LogP contribution in [0.5, 0.6) is 0 Å². The number of methoxy groups -OCH3 is 1. The van der Waals surface area contributed by atoms with Gasteiger partial charge in [-0.15, -0.1) is 6.58 Å². The maximum Gasteiger partial charge on any atom is 0.321 e. The lowest BCUT2D eigenvalue weighted by Gasteiger charge is -2.23. The Morgan fingerprint density at radius 2 is 2.07 bits per heavy atom. The third kappa shape index (κ3) is 4.44. The predicted molar refractivity (Wildman–Crippen MR) is 57.8 cm³/mol. The van der Waals surface area contributed by atoms with Crippen LogP contribution in [0, 0.1) is 0 Å². The van der Waals surface area contributed by atoms with E-state index in [0.717, 1.165) is 4.31 Å². The zero-order chi connectivity index (χ0) is 12.1. The lowest BCUT2D eigenvalue weighted by atomic mass is 10.4. The van der Waals surface area contributed by atoms with Crippen molar-refractivity contribution >= 4 is 16.0 Å². The summed E-state index contributed by atoms with van der Waals surface area (Å²) >= 11 is 0. The molecule has 0 aromatic heterocycles. The Kier molecular flexibility index (Phi) is 5.53. The number of esters is 1. The highest BCUT2D eigenvalue weighted by Crippen LogP contribution is 2.07. The molecule has 0 unspecified atom stereocenters. The zero-order valence-corrected chi connectivity index (χ0v) is 10.1. The molecule has 0 saturated heterocycles. The molecule has 0 bridgehead atoms. The standard InChI is InChI=1S/C9H17NO4S/c1-5-6-15(12,13)10(8(2)3)7-9(11)14-4/h5,8H,1,6-7H2,2-4H3. The minimum atomic E-state index is -3.46. The Labute approximate surface area is 90.8 Å². The molecule has 0 aliphatic carbocycles. The summed E-state index contributed by atoms with van der Waals surface area (Å²) in [5, 5.41) is 0. The van der Waals surface area contributed by atoms with Gasteiger partial charge in [0.1, 0.15) is 6.54 Å². The Bertz CT molecular complexity index is 321. The second kappa shape index (κ2) is 5.87. The first-order chi connectivity index (χ1) is 6.85. The molecule has 0 fully saturated rings. The van der Waals surface area contributed by atoms with Gasteiger partial charge < -0.3 is 4.74 Å². The van der Waals surface area contributed by atoms with Crippen molar-refractivity contribution in [2.45, 2.75) is 19.9 Å². The molecule has 0 heterocycles. The third-order valence-electron chi connectivity index (χ3n) is 1.77. The molecule has 6 heteroatoms. The molecule has 0 rings (SSSR count). The van der Waals surface area contributed by atoms with E-state index < -0.39 is 16.0 Å². The molecule has 0 aromatic carbocycles. The molecule has 0 radical (unpaired) electrons. The van der Waals surface area contributed by atoms with E-state index in [1.54, 1.807) is 13.8 Å². The highest BCUT2D eigenvalue weighted by Gasteiger charge is 2.26. The Morgan fingerprint density at radius 1 is 1.53 bits per heavy atom. The van der Waals surface area contributed by atoms with Crippen molar-refractivity contribution < 1.29 is 17.9 Å². The van der Waals surface area contributed by atoms with Crippen molar-refractivity contribution in [3.63, 3.8) is 0 Å². The maximum atomic E-state index is 11.7. The molecule has 5 nitrogen and oxygen atoms in total. The van der Waals surface area contributed by atoms with Crippen molar-refractivity contribution in [1.29, 1.82) is 0 Å². The number of nitrogens with zero attached hydrogens (tertiary/aromatic N) is 1. The Balaban J connectivity index is 4.81. The topological polar surface area (TPSA) is 63.7 Å².